The SMILES string of the molecule is C[Si](C)(C)c1ccc(CP(C23CC4CC(CC(C4)C2)C3)C23CC4CC(CC(C4)C2)C3)c(C(P)(C2CCNC2)C2CCNC2)c1. The van der Waals surface area contributed by atoms with Crippen LogP contribution in [0.4, 0.5) is 0 Å². The molecule has 2 heterocycles. The predicted octanol–water partition coefficient (Wildman–Crippen LogP) is 8.44. The Morgan fingerprint density at radius 1 is 0.727 bits per heavy atom. The van der Waals surface area contributed by atoms with Gasteiger partial charge in [-0.3, -0.25) is 0 Å². The van der Waals surface area contributed by atoms with Crippen LogP contribution >= 0.6 is 17.2 Å². The number of hydrogen-bond acceptors (Lipinski definition) is 2. The lowest BCUT2D eigenvalue weighted by molar-refractivity contribution is 0.0184. The summed E-state index contributed by atoms with van der Waals surface area (Å²) in [4.78, 5) is 0. The summed E-state index contributed by atoms with van der Waals surface area (Å²) in [5.74, 6) is 7.91. The summed E-state index contributed by atoms with van der Waals surface area (Å²) >= 11 is 0. The fraction of sp³-hybridized carbons (Fsp3) is 0.846. The first-order chi connectivity index (χ1) is 21.1. The van der Waals surface area contributed by atoms with Crippen LogP contribution in [0.2, 0.25) is 19.6 Å². The van der Waals surface area contributed by atoms with Gasteiger partial charge in [0.1, 0.15) is 0 Å². The average Bonchev–Trinajstić information content (AvgIpc) is 3.69. The van der Waals surface area contributed by atoms with Gasteiger partial charge in [-0.25, -0.2) is 0 Å². The third kappa shape index (κ3) is 4.88. The minimum atomic E-state index is -1.44. The Bertz CT molecular complexity index is 1130. The summed E-state index contributed by atoms with van der Waals surface area (Å²) in [7, 11) is 2.18. The minimum absolute atomic E-state index is 0.0398. The fourth-order valence-electron chi connectivity index (χ4n) is 14.3. The van der Waals surface area contributed by atoms with E-state index in [0.717, 1.165) is 47.3 Å². The largest absolute Gasteiger partial charge is 0.316 e. The van der Waals surface area contributed by atoms with Crippen molar-refractivity contribution in [2.45, 2.75) is 131 Å². The summed E-state index contributed by atoms with van der Waals surface area (Å²) < 4.78 is 0. The van der Waals surface area contributed by atoms with Crippen LogP contribution in [0.5, 0.6) is 0 Å². The molecule has 8 saturated carbocycles. The molecule has 1 aromatic carbocycles. The third-order valence-electron chi connectivity index (χ3n) is 15.4. The second kappa shape index (κ2) is 10.9. The van der Waals surface area contributed by atoms with Gasteiger partial charge in [0.2, 0.25) is 0 Å². The van der Waals surface area contributed by atoms with Crippen LogP contribution in [-0.4, -0.2) is 44.6 Å². The maximum absolute atomic E-state index is 3.83. The molecule has 2 nitrogen and oxygen atoms in total. The Kier molecular flexibility index (Phi) is 7.48. The van der Waals surface area contributed by atoms with E-state index in [1.54, 1.807) is 82.2 Å². The van der Waals surface area contributed by atoms with Gasteiger partial charge in [0, 0.05) is 5.16 Å². The molecule has 242 valence electrons. The molecular formula is C39H62N2P2Si. The van der Waals surface area contributed by atoms with Crippen LogP contribution in [0.15, 0.2) is 18.2 Å². The zero-order chi connectivity index (χ0) is 29.9. The Labute approximate surface area is 274 Å². The molecule has 2 saturated heterocycles. The Balaban J connectivity index is 1.19. The molecule has 5 heteroatoms. The van der Waals surface area contributed by atoms with E-state index in [-0.39, 0.29) is 13.1 Å². The van der Waals surface area contributed by atoms with Crippen molar-refractivity contribution in [3.05, 3.63) is 29.3 Å². The molecule has 1 aromatic rings. The van der Waals surface area contributed by atoms with Crippen molar-refractivity contribution in [3.8, 4) is 0 Å². The summed E-state index contributed by atoms with van der Waals surface area (Å²) in [5.41, 5.74) is 3.64. The number of rotatable bonds is 8. The van der Waals surface area contributed by atoms with Gasteiger partial charge in [0.15, 0.2) is 0 Å². The van der Waals surface area contributed by atoms with Crippen molar-refractivity contribution in [2.24, 2.45) is 47.3 Å². The van der Waals surface area contributed by atoms with E-state index >= 15 is 0 Å². The standard InChI is InChI=1S/C39H62N2P2Si/c1-44(2,3)35-5-4-32(36(16-35)39(42,33-6-8-40-23-33)34-7-9-41-24-34)25-43(37-17-26-10-27(18-37)12-28(11-26)19-37)38-20-29-13-30(21-38)15-31(14-29)22-38/h4-5,16,26-31,33-34,40-41H,6-15,17-25,42H2,1-3H3. The molecule has 10 aliphatic rings. The molecule has 0 spiro atoms. The van der Waals surface area contributed by atoms with Crippen molar-refractivity contribution in [3.63, 3.8) is 0 Å². The molecule has 11 rings (SSSR count). The van der Waals surface area contributed by atoms with Gasteiger partial charge in [0.25, 0.3) is 0 Å². The van der Waals surface area contributed by atoms with Gasteiger partial charge in [-0.15, -0.1) is 9.24 Å². The highest BCUT2D eigenvalue weighted by Crippen LogP contribution is 2.80. The molecule has 0 aromatic heterocycles. The van der Waals surface area contributed by atoms with E-state index in [1.807, 2.05) is 11.1 Å². The van der Waals surface area contributed by atoms with Gasteiger partial charge in [-0.2, -0.15) is 0 Å². The molecule has 44 heavy (non-hydrogen) atoms. The van der Waals surface area contributed by atoms with Crippen molar-refractivity contribution < 1.29 is 0 Å². The lowest BCUT2D eigenvalue weighted by atomic mass is 9.55. The maximum Gasteiger partial charge on any atom is 0.0776 e. The summed E-state index contributed by atoms with van der Waals surface area (Å²) in [6.45, 7) is 12.6. The van der Waals surface area contributed by atoms with Gasteiger partial charge < -0.3 is 10.6 Å². The predicted molar refractivity (Wildman–Crippen MR) is 195 cm³/mol. The molecule has 0 radical (unpaired) electrons. The van der Waals surface area contributed by atoms with Gasteiger partial charge in [0.05, 0.1) is 8.07 Å². The molecule has 10 fully saturated rings. The van der Waals surface area contributed by atoms with Crippen molar-refractivity contribution in [2.75, 3.05) is 26.2 Å². The van der Waals surface area contributed by atoms with E-state index in [1.165, 1.54) is 45.2 Å². The van der Waals surface area contributed by atoms with Crippen molar-refractivity contribution >= 4 is 30.4 Å². The summed E-state index contributed by atoms with van der Waals surface area (Å²) in [6.07, 6.45) is 23.5. The smallest absolute Gasteiger partial charge is 0.0776 e. The Morgan fingerprint density at radius 3 is 1.52 bits per heavy atom. The van der Waals surface area contributed by atoms with Crippen LogP contribution in [-0.2, 0) is 11.3 Å². The van der Waals surface area contributed by atoms with Crippen molar-refractivity contribution in [1.29, 1.82) is 0 Å². The van der Waals surface area contributed by atoms with Crippen LogP contribution in [0.1, 0.15) is 101 Å². The lowest BCUT2D eigenvalue weighted by Gasteiger charge is -2.67. The molecule has 2 N–H and O–H groups in total. The van der Waals surface area contributed by atoms with Crippen LogP contribution < -0.4 is 15.8 Å². The summed E-state index contributed by atoms with van der Waals surface area (Å²) in [6, 6.07) is 8.27. The topological polar surface area (TPSA) is 24.1 Å². The molecule has 3 atom stereocenters. The quantitative estimate of drug-likeness (QED) is 0.218. The zero-order valence-electron chi connectivity index (χ0n) is 28.3. The van der Waals surface area contributed by atoms with Gasteiger partial charge in [-0.1, -0.05) is 50.9 Å². The van der Waals surface area contributed by atoms with E-state index in [9.17, 15) is 0 Å². The zero-order valence-corrected chi connectivity index (χ0v) is 31.4. The first kappa shape index (κ1) is 30.3. The number of benzene rings is 1. The highest BCUT2D eigenvalue weighted by molar-refractivity contribution is 7.60. The van der Waals surface area contributed by atoms with Crippen LogP contribution in [0.25, 0.3) is 0 Å². The first-order valence-corrected chi connectivity index (χ1v) is 24.8. The monoisotopic (exact) mass is 648 g/mol. The normalized spacial score (nSPS) is 46.1. The molecular weight excluding hydrogens is 586 g/mol. The first-order valence-electron chi connectivity index (χ1n) is 19.2. The van der Waals surface area contributed by atoms with E-state index in [0.29, 0.717) is 10.3 Å². The molecule has 0 amide bonds. The maximum atomic E-state index is 3.83. The van der Waals surface area contributed by atoms with Gasteiger partial charge in [-0.05, 0) is 191 Å². The second-order valence-electron chi connectivity index (χ2n) is 19.3. The molecule has 3 unspecified atom stereocenters. The molecule has 8 aliphatic carbocycles. The second-order valence-corrected chi connectivity index (χ2v) is 28.4. The number of nitrogens with one attached hydrogen (secondary N) is 2. The molecule has 2 aliphatic heterocycles. The van der Waals surface area contributed by atoms with Crippen LogP contribution in [0, 0.1) is 47.3 Å². The Hall–Kier alpha value is 0.217. The third-order valence-corrected chi connectivity index (χ3v) is 22.7. The number of hydrogen-bond donors (Lipinski definition) is 2. The average molecular weight is 649 g/mol. The Morgan fingerprint density at radius 2 is 1.16 bits per heavy atom. The molecule has 8 bridgehead atoms. The van der Waals surface area contributed by atoms with Crippen molar-refractivity contribution in [1.82, 2.24) is 10.6 Å². The lowest BCUT2D eigenvalue weighted by Crippen LogP contribution is -2.56. The summed E-state index contributed by atoms with van der Waals surface area (Å²) in [5, 5.41) is 11.0. The minimum Gasteiger partial charge on any atom is -0.316 e. The van der Waals surface area contributed by atoms with E-state index < -0.39 is 8.07 Å². The van der Waals surface area contributed by atoms with Gasteiger partial charge >= 0.3 is 0 Å². The van der Waals surface area contributed by atoms with E-state index in [4.69, 9.17) is 0 Å². The van der Waals surface area contributed by atoms with E-state index in [2.05, 4.69) is 57.7 Å². The van der Waals surface area contributed by atoms with Crippen LogP contribution in [0.3, 0.4) is 0 Å². The highest BCUT2D eigenvalue weighted by atomic mass is 31.1. The fourth-order valence-corrected chi connectivity index (χ4v) is 21.4. The highest BCUT2D eigenvalue weighted by Gasteiger charge is 2.62.